The number of hydrogen-bond donors (Lipinski definition) is 2. The highest BCUT2D eigenvalue weighted by atomic mass is 16.4. The average Bonchev–Trinajstić information content (AvgIpc) is 2.87. The van der Waals surface area contributed by atoms with Gasteiger partial charge in [0.2, 0.25) is 0 Å². The molecular formula is C15H28N2O3. The molecule has 0 atom stereocenters. The summed E-state index contributed by atoms with van der Waals surface area (Å²) in [6, 6.07) is 0.0343. The molecule has 5 nitrogen and oxygen atoms in total. The first-order valence-electron chi connectivity index (χ1n) is 7.77. The highest BCUT2D eigenvalue weighted by Crippen LogP contribution is 2.36. The van der Waals surface area contributed by atoms with Crippen LogP contribution in [0, 0.1) is 5.41 Å². The van der Waals surface area contributed by atoms with Crippen molar-refractivity contribution in [3.8, 4) is 0 Å². The van der Waals surface area contributed by atoms with Crippen molar-refractivity contribution in [2.24, 2.45) is 5.41 Å². The maximum absolute atomic E-state index is 12.0. The zero-order valence-corrected chi connectivity index (χ0v) is 12.8. The number of carbonyl (C=O) groups is 2. The van der Waals surface area contributed by atoms with E-state index >= 15 is 0 Å². The Morgan fingerprint density at radius 2 is 1.90 bits per heavy atom. The molecule has 0 unspecified atom stereocenters. The Morgan fingerprint density at radius 3 is 2.45 bits per heavy atom. The lowest BCUT2D eigenvalue weighted by molar-refractivity contribution is -0.137. The Balaban J connectivity index is 2.16. The Bertz CT molecular complexity index is 327. The average molecular weight is 284 g/mol. The smallest absolute Gasteiger partial charge is 0.317 e. The first kappa shape index (κ1) is 16.8. The molecule has 0 radical (unpaired) electrons. The summed E-state index contributed by atoms with van der Waals surface area (Å²) in [4.78, 5) is 24.3. The molecule has 2 amide bonds. The van der Waals surface area contributed by atoms with Gasteiger partial charge in [0.25, 0.3) is 0 Å². The predicted molar refractivity (Wildman–Crippen MR) is 78.7 cm³/mol. The van der Waals surface area contributed by atoms with Crippen LogP contribution in [0.5, 0.6) is 0 Å². The Labute approximate surface area is 121 Å². The Kier molecular flexibility index (Phi) is 6.82. The number of aliphatic carboxylic acids is 1. The van der Waals surface area contributed by atoms with E-state index in [1.807, 2.05) is 4.90 Å². The first-order chi connectivity index (χ1) is 9.53. The second-order valence-electron chi connectivity index (χ2n) is 5.81. The molecule has 20 heavy (non-hydrogen) atoms. The molecular weight excluding hydrogens is 256 g/mol. The molecule has 0 bridgehead atoms. The zero-order chi connectivity index (χ0) is 15.0. The van der Waals surface area contributed by atoms with Crippen molar-refractivity contribution < 1.29 is 14.7 Å². The number of carbonyl (C=O) groups excluding carboxylic acids is 1. The Hall–Kier alpha value is -1.26. The fourth-order valence-corrected chi connectivity index (χ4v) is 2.82. The predicted octanol–water partition coefficient (Wildman–Crippen LogP) is 2.85. The lowest BCUT2D eigenvalue weighted by Crippen LogP contribution is -2.40. The number of carboxylic acids is 1. The molecule has 0 spiro atoms. The number of nitrogens with zero attached hydrogens (tertiary/aromatic N) is 1. The van der Waals surface area contributed by atoms with Crippen LogP contribution in [0.2, 0.25) is 0 Å². The minimum Gasteiger partial charge on any atom is -0.481 e. The van der Waals surface area contributed by atoms with Gasteiger partial charge in [-0.05, 0) is 37.5 Å². The summed E-state index contributed by atoms with van der Waals surface area (Å²) >= 11 is 0. The number of amides is 2. The van der Waals surface area contributed by atoms with Crippen LogP contribution in [0.1, 0.15) is 58.8 Å². The van der Waals surface area contributed by atoms with Crippen LogP contribution in [0.4, 0.5) is 4.79 Å². The van der Waals surface area contributed by atoms with Gasteiger partial charge in [-0.3, -0.25) is 4.79 Å². The molecule has 1 heterocycles. The van der Waals surface area contributed by atoms with E-state index in [9.17, 15) is 9.59 Å². The molecule has 1 rings (SSSR count). The van der Waals surface area contributed by atoms with Gasteiger partial charge in [0.15, 0.2) is 0 Å². The second kappa shape index (κ2) is 8.12. The summed E-state index contributed by atoms with van der Waals surface area (Å²) in [5, 5.41) is 11.5. The Morgan fingerprint density at radius 1 is 1.20 bits per heavy atom. The van der Waals surface area contributed by atoms with Crippen molar-refractivity contribution >= 4 is 12.0 Å². The van der Waals surface area contributed by atoms with E-state index in [1.165, 1.54) is 0 Å². The third-order valence-corrected chi connectivity index (χ3v) is 4.57. The summed E-state index contributed by atoms with van der Waals surface area (Å²) in [7, 11) is 0. The minimum absolute atomic E-state index is 0.0343. The van der Waals surface area contributed by atoms with Crippen molar-refractivity contribution in [3.05, 3.63) is 0 Å². The van der Waals surface area contributed by atoms with E-state index in [1.54, 1.807) is 0 Å². The fraction of sp³-hybridized carbons (Fsp3) is 0.867. The van der Waals surface area contributed by atoms with E-state index in [-0.39, 0.29) is 12.5 Å². The van der Waals surface area contributed by atoms with Gasteiger partial charge in [-0.1, -0.05) is 20.3 Å². The van der Waals surface area contributed by atoms with Gasteiger partial charge in [0.05, 0.1) is 0 Å². The fourth-order valence-electron chi connectivity index (χ4n) is 2.82. The van der Waals surface area contributed by atoms with Crippen molar-refractivity contribution in [3.63, 3.8) is 0 Å². The number of likely N-dealkylation sites (tertiary alicyclic amines) is 1. The lowest BCUT2D eigenvalue weighted by Gasteiger charge is -2.26. The molecule has 0 aliphatic carbocycles. The number of hydrogen-bond acceptors (Lipinski definition) is 2. The summed E-state index contributed by atoms with van der Waals surface area (Å²) in [5.41, 5.74) is 0.318. The highest BCUT2D eigenvalue weighted by molar-refractivity contribution is 5.74. The molecule has 5 heteroatoms. The van der Waals surface area contributed by atoms with Crippen LogP contribution in [-0.4, -0.2) is 41.6 Å². The van der Waals surface area contributed by atoms with Gasteiger partial charge in [-0.15, -0.1) is 0 Å². The summed E-state index contributed by atoms with van der Waals surface area (Å²) in [5.74, 6) is -0.749. The number of urea groups is 1. The molecule has 1 aliphatic heterocycles. The van der Waals surface area contributed by atoms with Crippen LogP contribution >= 0.6 is 0 Å². The van der Waals surface area contributed by atoms with Crippen LogP contribution < -0.4 is 5.32 Å². The number of unbranched alkanes of at least 4 members (excludes halogenated alkanes) is 2. The SMILES string of the molecule is CCC1(CC)CCN(C(=O)NCCCCCC(=O)O)C1. The standard InChI is InChI=1S/C15H28N2O3/c1-3-15(4-2)9-11-17(12-15)14(20)16-10-7-5-6-8-13(18)19/h3-12H2,1-2H3,(H,16,20)(H,18,19). The minimum atomic E-state index is -0.749. The summed E-state index contributed by atoms with van der Waals surface area (Å²) < 4.78 is 0. The van der Waals surface area contributed by atoms with Crippen LogP contribution in [0.15, 0.2) is 0 Å². The maximum atomic E-state index is 12.0. The number of nitrogens with one attached hydrogen (secondary N) is 1. The van der Waals surface area contributed by atoms with Crippen LogP contribution in [0.3, 0.4) is 0 Å². The lowest BCUT2D eigenvalue weighted by atomic mass is 9.82. The molecule has 2 N–H and O–H groups in total. The van der Waals surface area contributed by atoms with E-state index in [4.69, 9.17) is 5.11 Å². The quantitative estimate of drug-likeness (QED) is 0.673. The first-order valence-corrected chi connectivity index (χ1v) is 7.77. The molecule has 0 aromatic carbocycles. The number of rotatable bonds is 8. The van der Waals surface area contributed by atoms with Crippen molar-refractivity contribution in [1.29, 1.82) is 0 Å². The van der Waals surface area contributed by atoms with Gasteiger partial charge in [-0.25, -0.2) is 4.79 Å². The van der Waals surface area contributed by atoms with Gasteiger partial charge >= 0.3 is 12.0 Å². The molecule has 0 aromatic heterocycles. The van der Waals surface area contributed by atoms with Gasteiger partial charge in [-0.2, -0.15) is 0 Å². The van der Waals surface area contributed by atoms with Gasteiger partial charge in [0.1, 0.15) is 0 Å². The van der Waals surface area contributed by atoms with E-state index in [0.717, 1.165) is 45.2 Å². The molecule has 1 saturated heterocycles. The second-order valence-corrected chi connectivity index (χ2v) is 5.81. The van der Waals surface area contributed by atoms with E-state index < -0.39 is 5.97 Å². The maximum Gasteiger partial charge on any atom is 0.317 e. The largest absolute Gasteiger partial charge is 0.481 e. The number of carboxylic acid groups (broad SMARTS) is 1. The molecule has 0 aromatic rings. The summed E-state index contributed by atoms with van der Waals surface area (Å²) in [6.45, 7) is 6.76. The summed E-state index contributed by atoms with van der Waals surface area (Å²) in [6.07, 6.45) is 5.95. The third-order valence-electron chi connectivity index (χ3n) is 4.57. The van der Waals surface area contributed by atoms with E-state index in [2.05, 4.69) is 19.2 Å². The topological polar surface area (TPSA) is 69.6 Å². The van der Waals surface area contributed by atoms with Gasteiger partial charge in [0, 0.05) is 26.1 Å². The zero-order valence-electron chi connectivity index (χ0n) is 12.8. The van der Waals surface area contributed by atoms with Crippen molar-refractivity contribution in [2.75, 3.05) is 19.6 Å². The van der Waals surface area contributed by atoms with Crippen molar-refractivity contribution in [1.82, 2.24) is 10.2 Å². The van der Waals surface area contributed by atoms with Crippen molar-refractivity contribution in [2.45, 2.75) is 58.8 Å². The van der Waals surface area contributed by atoms with Crippen LogP contribution in [-0.2, 0) is 4.79 Å². The third kappa shape index (κ3) is 5.02. The normalized spacial score (nSPS) is 17.2. The molecule has 1 fully saturated rings. The van der Waals surface area contributed by atoms with Crippen LogP contribution in [0.25, 0.3) is 0 Å². The highest BCUT2D eigenvalue weighted by Gasteiger charge is 2.36. The molecule has 1 aliphatic rings. The monoisotopic (exact) mass is 284 g/mol. The van der Waals surface area contributed by atoms with E-state index in [0.29, 0.717) is 18.4 Å². The van der Waals surface area contributed by atoms with Gasteiger partial charge < -0.3 is 15.3 Å². The molecule has 116 valence electrons. The molecule has 0 saturated carbocycles.